The van der Waals surface area contributed by atoms with Crippen LogP contribution in [0, 0.1) is 0 Å². The average molecular weight is 319 g/mol. The van der Waals surface area contributed by atoms with Crippen LogP contribution in [0.3, 0.4) is 0 Å². The van der Waals surface area contributed by atoms with Crippen LogP contribution in [0.25, 0.3) is 0 Å². The van der Waals surface area contributed by atoms with Crippen LogP contribution in [0.4, 0.5) is 5.69 Å². The first-order valence-electron chi connectivity index (χ1n) is 6.39. The highest BCUT2D eigenvalue weighted by Crippen LogP contribution is 2.12. The van der Waals surface area contributed by atoms with Crippen LogP contribution >= 0.6 is 24.2 Å². The fourth-order valence-corrected chi connectivity index (χ4v) is 2.06. The fourth-order valence-electron chi connectivity index (χ4n) is 1.57. The highest BCUT2D eigenvalue weighted by Gasteiger charge is 2.12. The Kier molecular flexibility index (Phi) is 10.6. The molecule has 1 aromatic carbocycles. The molecule has 0 radical (unpaired) electrons. The van der Waals surface area contributed by atoms with Crippen LogP contribution in [-0.4, -0.2) is 30.6 Å². The normalized spacial score (nSPS) is 11.6. The molecule has 1 aromatic rings. The van der Waals surface area contributed by atoms with E-state index >= 15 is 0 Å². The summed E-state index contributed by atoms with van der Waals surface area (Å²) in [7, 11) is 0. The Morgan fingerprint density at radius 1 is 1.50 bits per heavy atom. The molecule has 114 valence electrons. The summed E-state index contributed by atoms with van der Waals surface area (Å²) in [6, 6.07) is 7.18. The zero-order chi connectivity index (χ0) is 14.1. The van der Waals surface area contributed by atoms with Crippen molar-refractivity contribution in [2.24, 2.45) is 5.73 Å². The lowest BCUT2D eigenvalue weighted by Gasteiger charge is -2.12. The van der Waals surface area contributed by atoms with Gasteiger partial charge in [-0.3, -0.25) is 4.79 Å². The number of amides is 1. The number of anilines is 1. The van der Waals surface area contributed by atoms with Gasteiger partial charge in [-0.1, -0.05) is 12.1 Å². The van der Waals surface area contributed by atoms with Gasteiger partial charge in [0, 0.05) is 12.3 Å². The predicted molar refractivity (Wildman–Crippen MR) is 88.6 cm³/mol. The number of hydrogen-bond acceptors (Lipinski definition) is 4. The van der Waals surface area contributed by atoms with E-state index in [4.69, 9.17) is 10.5 Å². The van der Waals surface area contributed by atoms with Crippen molar-refractivity contribution in [2.45, 2.75) is 26.0 Å². The predicted octanol–water partition coefficient (Wildman–Crippen LogP) is 2.66. The second kappa shape index (κ2) is 11.0. The molecule has 3 N–H and O–H groups in total. The molecule has 0 aromatic heterocycles. The topological polar surface area (TPSA) is 64.3 Å². The summed E-state index contributed by atoms with van der Waals surface area (Å²) < 4.78 is 5.34. The van der Waals surface area contributed by atoms with Crippen LogP contribution in [0.2, 0.25) is 0 Å². The van der Waals surface area contributed by atoms with Crippen molar-refractivity contribution < 1.29 is 9.53 Å². The molecule has 4 nitrogen and oxygen atoms in total. The smallest absolute Gasteiger partial charge is 0.241 e. The number of benzene rings is 1. The molecule has 0 aliphatic carbocycles. The van der Waals surface area contributed by atoms with Gasteiger partial charge in [0.25, 0.3) is 0 Å². The van der Waals surface area contributed by atoms with Crippen LogP contribution in [-0.2, 0) is 16.1 Å². The first-order valence-corrected chi connectivity index (χ1v) is 7.78. The molecular weight excluding hydrogens is 296 g/mol. The van der Waals surface area contributed by atoms with Crippen molar-refractivity contribution in [1.29, 1.82) is 0 Å². The summed E-state index contributed by atoms with van der Waals surface area (Å²) in [5.41, 5.74) is 7.62. The van der Waals surface area contributed by atoms with E-state index < -0.39 is 6.04 Å². The number of ether oxygens (including phenoxy) is 1. The first-order chi connectivity index (χ1) is 9.17. The van der Waals surface area contributed by atoms with E-state index in [2.05, 4.69) is 5.32 Å². The molecule has 0 spiro atoms. The summed E-state index contributed by atoms with van der Waals surface area (Å²) in [6.45, 7) is 3.19. The zero-order valence-corrected chi connectivity index (χ0v) is 13.6. The molecule has 0 saturated carbocycles. The number of nitrogens with two attached hydrogens (primary N) is 1. The van der Waals surface area contributed by atoms with Gasteiger partial charge in [-0.15, -0.1) is 12.4 Å². The van der Waals surface area contributed by atoms with Gasteiger partial charge in [-0.25, -0.2) is 0 Å². The Hall–Kier alpha value is -0.750. The Morgan fingerprint density at radius 3 is 2.90 bits per heavy atom. The van der Waals surface area contributed by atoms with Gasteiger partial charge in [0.2, 0.25) is 5.91 Å². The maximum absolute atomic E-state index is 11.9. The van der Waals surface area contributed by atoms with Crippen LogP contribution in [0.1, 0.15) is 18.9 Å². The third-order valence-corrected chi connectivity index (χ3v) is 3.28. The van der Waals surface area contributed by atoms with Gasteiger partial charge in [0.05, 0.1) is 12.6 Å². The van der Waals surface area contributed by atoms with E-state index in [1.165, 1.54) is 0 Å². The maximum atomic E-state index is 11.9. The van der Waals surface area contributed by atoms with Crippen molar-refractivity contribution >= 4 is 35.8 Å². The minimum atomic E-state index is -0.456. The molecule has 20 heavy (non-hydrogen) atoms. The molecule has 1 amide bonds. The summed E-state index contributed by atoms with van der Waals surface area (Å²) in [4.78, 5) is 11.9. The largest absolute Gasteiger partial charge is 0.377 e. The van der Waals surface area contributed by atoms with Crippen molar-refractivity contribution in [3.05, 3.63) is 29.8 Å². The molecule has 1 atom stereocenters. The Bertz CT molecular complexity index is 405. The maximum Gasteiger partial charge on any atom is 0.241 e. The number of carbonyl (C=O) groups excluding carboxylic acids is 1. The lowest BCUT2D eigenvalue weighted by molar-refractivity contribution is -0.117. The van der Waals surface area contributed by atoms with Gasteiger partial charge >= 0.3 is 0 Å². The number of halogens is 1. The van der Waals surface area contributed by atoms with E-state index in [-0.39, 0.29) is 18.3 Å². The van der Waals surface area contributed by atoms with E-state index in [0.717, 1.165) is 17.0 Å². The standard InChI is InChI=1S/C14H22N2O2S.ClH/c1-3-18-10-11-5-4-6-12(9-11)16-14(17)13(15)7-8-19-2;/h4-6,9,13H,3,7-8,10,15H2,1-2H3,(H,16,17);1H/t13-;/m0./s1. The quantitative estimate of drug-likeness (QED) is 0.773. The molecule has 1 rings (SSSR count). The Labute approximate surface area is 131 Å². The Morgan fingerprint density at radius 2 is 2.25 bits per heavy atom. The summed E-state index contributed by atoms with van der Waals surface area (Å²) >= 11 is 1.69. The van der Waals surface area contributed by atoms with Gasteiger partial charge in [0.15, 0.2) is 0 Å². The molecule has 0 heterocycles. The lowest BCUT2D eigenvalue weighted by atomic mass is 10.2. The first kappa shape index (κ1) is 19.2. The number of thioether (sulfide) groups is 1. The molecule has 0 saturated heterocycles. The molecule has 0 aliphatic rings. The molecule has 0 fully saturated rings. The average Bonchev–Trinajstić information content (AvgIpc) is 2.42. The number of nitrogens with one attached hydrogen (secondary N) is 1. The molecule has 0 aliphatic heterocycles. The summed E-state index contributed by atoms with van der Waals surface area (Å²) in [5.74, 6) is 0.751. The van der Waals surface area contributed by atoms with E-state index in [0.29, 0.717) is 19.6 Å². The van der Waals surface area contributed by atoms with E-state index in [1.807, 2.05) is 37.4 Å². The van der Waals surface area contributed by atoms with Gasteiger partial charge in [0.1, 0.15) is 0 Å². The number of rotatable bonds is 8. The third-order valence-electron chi connectivity index (χ3n) is 2.64. The second-order valence-electron chi connectivity index (χ2n) is 4.21. The molecule has 0 unspecified atom stereocenters. The monoisotopic (exact) mass is 318 g/mol. The molecule has 0 bridgehead atoms. The minimum Gasteiger partial charge on any atom is -0.377 e. The summed E-state index contributed by atoms with van der Waals surface area (Å²) in [5, 5.41) is 2.84. The van der Waals surface area contributed by atoms with Crippen LogP contribution in [0.15, 0.2) is 24.3 Å². The van der Waals surface area contributed by atoms with Gasteiger partial charge in [-0.2, -0.15) is 11.8 Å². The van der Waals surface area contributed by atoms with Crippen molar-refractivity contribution in [1.82, 2.24) is 0 Å². The van der Waals surface area contributed by atoms with Crippen LogP contribution < -0.4 is 11.1 Å². The molecular formula is C14H23ClN2O2S. The van der Waals surface area contributed by atoms with Crippen molar-refractivity contribution in [3.8, 4) is 0 Å². The second-order valence-corrected chi connectivity index (χ2v) is 5.20. The Balaban J connectivity index is 0.00000361. The van der Waals surface area contributed by atoms with Gasteiger partial charge in [-0.05, 0) is 43.0 Å². The van der Waals surface area contributed by atoms with Crippen molar-refractivity contribution in [2.75, 3.05) is 23.9 Å². The summed E-state index contributed by atoms with van der Waals surface area (Å²) in [6.07, 6.45) is 2.69. The van der Waals surface area contributed by atoms with Gasteiger partial charge < -0.3 is 15.8 Å². The number of hydrogen-bond donors (Lipinski definition) is 2. The number of carbonyl (C=O) groups is 1. The van der Waals surface area contributed by atoms with E-state index in [9.17, 15) is 4.79 Å². The lowest BCUT2D eigenvalue weighted by Crippen LogP contribution is -2.36. The minimum absolute atomic E-state index is 0. The fraction of sp³-hybridized carbons (Fsp3) is 0.500. The zero-order valence-electron chi connectivity index (χ0n) is 11.9. The third kappa shape index (κ3) is 7.14. The highest BCUT2D eigenvalue weighted by atomic mass is 35.5. The molecule has 6 heteroatoms. The van der Waals surface area contributed by atoms with Crippen molar-refractivity contribution in [3.63, 3.8) is 0 Å². The van der Waals surface area contributed by atoms with Crippen LogP contribution in [0.5, 0.6) is 0 Å². The van der Waals surface area contributed by atoms with E-state index in [1.54, 1.807) is 11.8 Å². The SMILES string of the molecule is CCOCc1cccc(NC(=O)[C@@H](N)CCSC)c1.Cl. The highest BCUT2D eigenvalue weighted by molar-refractivity contribution is 7.98.